The van der Waals surface area contributed by atoms with Crippen molar-refractivity contribution in [1.82, 2.24) is 4.98 Å². The smallest absolute Gasteiger partial charge is 0.232 e. The van der Waals surface area contributed by atoms with E-state index < -0.39 is 0 Å². The zero-order chi connectivity index (χ0) is 17.6. The first-order valence-electron chi connectivity index (χ1n) is 8.11. The Kier molecular flexibility index (Phi) is 5.40. The predicted octanol–water partition coefficient (Wildman–Crippen LogP) is 3.76. The van der Waals surface area contributed by atoms with E-state index in [2.05, 4.69) is 4.98 Å². The van der Waals surface area contributed by atoms with Gasteiger partial charge in [0.05, 0.1) is 25.1 Å². The summed E-state index contributed by atoms with van der Waals surface area (Å²) in [6.45, 7) is 2.29. The molecular weight excluding hydrogens is 322 g/mol. The number of methoxy groups -OCH3 is 1. The molecule has 0 bridgehead atoms. The van der Waals surface area contributed by atoms with Crippen molar-refractivity contribution in [3.05, 3.63) is 53.9 Å². The SMILES string of the molecule is COc1c(OCc2ncco2)c(C)cc(CCCO)c1-c1ccco1. The molecule has 0 saturated heterocycles. The van der Waals surface area contributed by atoms with Crippen LogP contribution in [0.1, 0.15) is 23.4 Å². The number of nitrogens with zero attached hydrogens (tertiary/aromatic N) is 1. The van der Waals surface area contributed by atoms with Crippen LogP contribution >= 0.6 is 0 Å². The maximum Gasteiger partial charge on any atom is 0.232 e. The minimum Gasteiger partial charge on any atom is -0.492 e. The minimum absolute atomic E-state index is 0.126. The summed E-state index contributed by atoms with van der Waals surface area (Å²) >= 11 is 0. The molecule has 0 amide bonds. The fourth-order valence-electron chi connectivity index (χ4n) is 2.83. The molecule has 0 atom stereocenters. The molecule has 0 unspecified atom stereocenters. The van der Waals surface area contributed by atoms with Crippen molar-refractivity contribution in [3.8, 4) is 22.8 Å². The van der Waals surface area contributed by atoms with Crippen LogP contribution in [0.15, 0.2) is 45.8 Å². The number of aliphatic hydroxyl groups excluding tert-OH is 1. The second-order valence-electron chi connectivity index (χ2n) is 5.61. The van der Waals surface area contributed by atoms with Crippen LogP contribution in [0.5, 0.6) is 11.5 Å². The molecule has 1 aromatic carbocycles. The highest BCUT2D eigenvalue weighted by molar-refractivity contribution is 5.75. The molecule has 0 aliphatic rings. The molecule has 0 aliphatic carbocycles. The first-order valence-corrected chi connectivity index (χ1v) is 8.11. The maximum absolute atomic E-state index is 9.19. The second-order valence-corrected chi connectivity index (χ2v) is 5.61. The number of rotatable bonds is 8. The number of oxazole rings is 1. The van der Waals surface area contributed by atoms with Gasteiger partial charge in [-0.15, -0.1) is 0 Å². The van der Waals surface area contributed by atoms with Crippen LogP contribution in [0.2, 0.25) is 0 Å². The lowest BCUT2D eigenvalue weighted by Gasteiger charge is -2.19. The molecule has 3 aromatic rings. The second kappa shape index (κ2) is 7.90. The van der Waals surface area contributed by atoms with Crippen molar-refractivity contribution in [2.45, 2.75) is 26.4 Å². The number of hydrogen-bond donors (Lipinski definition) is 1. The van der Waals surface area contributed by atoms with Gasteiger partial charge in [0.1, 0.15) is 12.0 Å². The Labute approximate surface area is 146 Å². The van der Waals surface area contributed by atoms with Gasteiger partial charge in [-0.3, -0.25) is 0 Å². The molecule has 3 rings (SSSR count). The molecule has 6 heteroatoms. The number of benzene rings is 1. The first-order chi connectivity index (χ1) is 12.2. The lowest BCUT2D eigenvalue weighted by atomic mass is 9.96. The summed E-state index contributed by atoms with van der Waals surface area (Å²) in [5, 5.41) is 9.19. The van der Waals surface area contributed by atoms with E-state index in [0.717, 1.165) is 16.7 Å². The lowest BCUT2D eigenvalue weighted by Crippen LogP contribution is -2.04. The molecule has 6 nitrogen and oxygen atoms in total. The largest absolute Gasteiger partial charge is 0.492 e. The van der Waals surface area contributed by atoms with Crippen LogP contribution < -0.4 is 9.47 Å². The Balaban J connectivity index is 2.03. The standard InChI is InChI=1S/C19H21NO5/c1-13-11-14(5-3-8-21)17(15-6-4-9-23-15)19(22-2)18(13)25-12-16-20-7-10-24-16/h4,6-7,9-11,21H,3,5,8,12H2,1-2H3. The van der Waals surface area contributed by atoms with Gasteiger partial charge in [0, 0.05) is 6.61 Å². The minimum atomic E-state index is 0.126. The summed E-state index contributed by atoms with van der Waals surface area (Å²) in [6, 6.07) is 5.76. The topological polar surface area (TPSA) is 77.9 Å². The molecular formula is C19H21NO5. The predicted molar refractivity (Wildman–Crippen MR) is 91.7 cm³/mol. The van der Waals surface area contributed by atoms with Crippen molar-refractivity contribution in [2.75, 3.05) is 13.7 Å². The van der Waals surface area contributed by atoms with Gasteiger partial charge in [0.2, 0.25) is 5.89 Å². The first kappa shape index (κ1) is 17.1. The van der Waals surface area contributed by atoms with E-state index in [0.29, 0.717) is 36.0 Å². The van der Waals surface area contributed by atoms with E-state index in [4.69, 9.17) is 18.3 Å². The molecule has 0 radical (unpaired) electrons. The average Bonchev–Trinajstić information content (AvgIpc) is 3.31. The van der Waals surface area contributed by atoms with E-state index in [1.54, 1.807) is 19.6 Å². The van der Waals surface area contributed by atoms with Crippen LogP contribution in [-0.2, 0) is 13.0 Å². The van der Waals surface area contributed by atoms with Gasteiger partial charge in [-0.05, 0) is 43.0 Å². The Hall–Kier alpha value is -2.73. The summed E-state index contributed by atoms with van der Waals surface area (Å²) < 4.78 is 22.4. The molecule has 25 heavy (non-hydrogen) atoms. The molecule has 2 aromatic heterocycles. The summed E-state index contributed by atoms with van der Waals surface area (Å²) in [5.74, 6) is 2.42. The average molecular weight is 343 g/mol. The molecule has 0 fully saturated rings. The van der Waals surface area contributed by atoms with Crippen molar-refractivity contribution in [1.29, 1.82) is 0 Å². The highest BCUT2D eigenvalue weighted by atomic mass is 16.5. The number of furan rings is 1. The van der Waals surface area contributed by atoms with E-state index >= 15 is 0 Å². The molecule has 2 heterocycles. The van der Waals surface area contributed by atoms with Crippen molar-refractivity contribution in [2.24, 2.45) is 0 Å². The molecule has 1 N–H and O–H groups in total. The summed E-state index contributed by atoms with van der Waals surface area (Å²) in [6.07, 6.45) is 6.08. The molecule has 132 valence electrons. The summed E-state index contributed by atoms with van der Waals surface area (Å²) in [5.41, 5.74) is 2.82. The van der Waals surface area contributed by atoms with E-state index in [-0.39, 0.29) is 13.2 Å². The number of aliphatic hydroxyl groups is 1. The van der Waals surface area contributed by atoms with Crippen molar-refractivity contribution in [3.63, 3.8) is 0 Å². The van der Waals surface area contributed by atoms with Gasteiger partial charge >= 0.3 is 0 Å². The van der Waals surface area contributed by atoms with E-state index in [1.165, 1.54) is 6.26 Å². The van der Waals surface area contributed by atoms with Crippen molar-refractivity contribution >= 4 is 0 Å². The van der Waals surface area contributed by atoms with Gasteiger partial charge in [0.15, 0.2) is 18.1 Å². The zero-order valence-corrected chi connectivity index (χ0v) is 14.3. The zero-order valence-electron chi connectivity index (χ0n) is 14.3. The van der Waals surface area contributed by atoms with Gasteiger partial charge in [-0.1, -0.05) is 6.07 Å². The van der Waals surface area contributed by atoms with Crippen LogP contribution in [0.3, 0.4) is 0 Å². The molecule has 0 aliphatic heterocycles. The Morgan fingerprint density at radius 1 is 1.20 bits per heavy atom. The van der Waals surface area contributed by atoms with Crippen LogP contribution in [0.25, 0.3) is 11.3 Å². The normalized spacial score (nSPS) is 10.8. The van der Waals surface area contributed by atoms with Gasteiger partial charge in [-0.2, -0.15) is 0 Å². The third-order valence-corrected chi connectivity index (χ3v) is 3.90. The number of hydrogen-bond acceptors (Lipinski definition) is 6. The fourth-order valence-corrected chi connectivity index (χ4v) is 2.83. The quantitative estimate of drug-likeness (QED) is 0.671. The van der Waals surface area contributed by atoms with Crippen LogP contribution in [0.4, 0.5) is 0 Å². The Morgan fingerprint density at radius 3 is 2.72 bits per heavy atom. The van der Waals surface area contributed by atoms with Crippen LogP contribution in [-0.4, -0.2) is 23.8 Å². The number of aryl methyl sites for hydroxylation is 2. The molecule has 0 saturated carbocycles. The third-order valence-electron chi connectivity index (χ3n) is 3.90. The van der Waals surface area contributed by atoms with Crippen LogP contribution in [0, 0.1) is 6.92 Å². The maximum atomic E-state index is 9.19. The van der Waals surface area contributed by atoms with Gasteiger partial charge in [-0.25, -0.2) is 4.98 Å². The lowest BCUT2D eigenvalue weighted by molar-refractivity contribution is 0.248. The third kappa shape index (κ3) is 3.69. The summed E-state index contributed by atoms with van der Waals surface area (Å²) in [4.78, 5) is 4.07. The van der Waals surface area contributed by atoms with E-state index in [9.17, 15) is 5.11 Å². The van der Waals surface area contributed by atoms with Crippen molar-refractivity contribution < 1.29 is 23.4 Å². The number of ether oxygens (including phenoxy) is 2. The Morgan fingerprint density at radius 2 is 2.08 bits per heavy atom. The fraction of sp³-hybridized carbons (Fsp3) is 0.316. The molecule has 0 spiro atoms. The summed E-state index contributed by atoms with van der Waals surface area (Å²) in [7, 11) is 1.61. The highest BCUT2D eigenvalue weighted by Crippen LogP contribution is 2.44. The number of aromatic nitrogens is 1. The van der Waals surface area contributed by atoms with Gasteiger partial charge in [0.25, 0.3) is 0 Å². The monoisotopic (exact) mass is 343 g/mol. The van der Waals surface area contributed by atoms with Gasteiger partial charge < -0.3 is 23.4 Å². The Bertz CT molecular complexity index is 794. The highest BCUT2D eigenvalue weighted by Gasteiger charge is 2.22. The van der Waals surface area contributed by atoms with E-state index in [1.807, 2.05) is 25.1 Å².